The van der Waals surface area contributed by atoms with Crippen molar-refractivity contribution < 1.29 is 19.2 Å². The van der Waals surface area contributed by atoms with Gasteiger partial charge in [0.05, 0.1) is 24.7 Å². The summed E-state index contributed by atoms with van der Waals surface area (Å²) in [6.45, 7) is 2.57. The topological polar surface area (TPSA) is 114 Å². The highest BCUT2D eigenvalue weighted by atomic mass is 16.6. The SMILES string of the molecule is CCCCOc1ccccc1/C=C(\C#N)C(=O)Nc1ccc(OC)cc1[N+](=O)[O-]. The number of methoxy groups -OCH3 is 1. The highest BCUT2D eigenvalue weighted by Crippen LogP contribution is 2.29. The van der Waals surface area contributed by atoms with Crippen LogP contribution >= 0.6 is 0 Å². The summed E-state index contributed by atoms with van der Waals surface area (Å²) in [5.41, 5.74) is -0.00564. The summed E-state index contributed by atoms with van der Waals surface area (Å²) in [6.07, 6.45) is 3.25. The number of carbonyl (C=O) groups is 1. The molecule has 0 aliphatic heterocycles. The first kappa shape index (κ1) is 21.4. The summed E-state index contributed by atoms with van der Waals surface area (Å²) in [7, 11) is 1.38. The summed E-state index contributed by atoms with van der Waals surface area (Å²) in [5, 5.41) is 23.1. The Morgan fingerprint density at radius 3 is 2.72 bits per heavy atom. The molecule has 8 heteroatoms. The van der Waals surface area contributed by atoms with Gasteiger partial charge in [0.2, 0.25) is 0 Å². The third-order valence-corrected chi connectivity index (χ3v) is 3.99. The van der Waals surface area contributed by atoms with Gasteiger partial charge in [0.1, 0.15) is 28.8 Å². The van der Waals surface area contributed by atoms with Gasteiger partial charge >= 0.3 is 0 Å². The molecule has 0 bridgehead atoms. The van der Waals surface area contributed by atoms with Crippen molar-refractivity contribution in [2.24, 2.45) is 0 Å². The first-order valence-corrected chi connectivity index (χ1v) is 8.97. The molecule has 0 aliphatic rings. The van der Waals surface area contributed by atoms with Gasteiger partial charge in [-0.3, -0.25) is 14.9 Å². The van der Waals surface area contributed by atoms with E-state index < -0.39 is 10.8 Å². The molecule has 2 aromatic carbocycles. The Morgan fingerprint density at radius 2 is 2.07 bits per heavy atom. The fourth-order valence-electron chi connectivity index (χ4n) is 2.45. The summed E-state index contributed by atoms with van der Waals surface area (Å²) >= 11 is 0. The van der Waals surface area contributed by atoms with Crippen LogP contribution in [0.4, 0.5) is 11.4 Å². The molecule has 150 valence electrons. The zero-order valence-corrected chi connectivity index (χ0v) is 16.2. The summed E-state index contributed by atoms with van der Waals surface area (Å²) in [6, 6.07) is 12.9. The number of nitriles is 1. The second kappa shape index (κ2) is 10.5. The van der Waals surface area contributed by atoms with E-state index in [1.54, 1.807) is 24.3 Å². The van der Waals surface area contributed by atoms with Crippen molar-refractivity contribution in [1.29, 1.82) is 5.26 Å². The standard InChI is InChI=1S/C21H21N3O5/c1-3-4-11-29-20-8-6-5-7-15(20)12-16(14-22)21(25)23-18-10-9-17(28-2)13-19(18)24(26)27/h5-10,12-13H,3-4,11H2,1-2H3,(H,23,25)/b16-12+. The van der Waals surface area contributed by atoms with Crippen LogP contribution in [0.1, 0.15) is 25.3 Å². The van der Waals surface area contributed by atoms with E-state index in [4.69, 9.17) is 9.47 Å². The molecule has 8 nitrogen and oxygen atoms in total. The van der Waals surface area contributed by atoms with E-state index in [1.165, 1.54) is 31.4 Å². The lowest BCUT2D eigenvalue weighted by Crippen LogP contribution is -2.14. The normalized spacial score (nSPS) is 10.7. The Bertz CT molecular complexity index is 963. The van der Waals surface area contributed by atoms with Gasteiger partial charge in [0, 0.05) is 5.56 Å². The molecule has 2 aromatic rings. The van der Waals surface area contributed by atoms with Crippen LogP contribution in [0.3, 0.4) is 0 Å². The van der Waals surface area contributed by atoms with Crippen molar-refractivity contribution in [3.05, 3.63) is 63.7 Å². The number of nitrogens with zero attached hydrogens (tertiary/aromatic N) is 2. The van der Waals surface area contributed by atoms with E-state index in [-0.39, 0.29) is 22.7 Å². The molecule has 0 atom stereocenters. The third kappa shape index (κ3) is 5.81. The van der Waals surface area contributed by atoms with Crippen molar-refractivity contribution in [3.8, 4) is 17.6 Å². The molecule has 0 spiro atoms. The van der Waals surface area contributed by atoms with Crippen molar-refractivity contribution >= 4 is 23.4 Å². The predicted octanol–water partition coefficient (Wildman–Crippen LogP) is 4.33. The molecule has 0 aromatic heterocycles. The lowest BCUT2D eigenvalue weighted by Gasteiger charge is -2.10. The molecule has 1 amide bonds. The molecule has 0 aliphatic carbocycles. The Hall–Kier alpha value is -3.86. The Morgan fingerprint density at radius 1 is 1.31 bits per heavy atom. The van der Waals surface area contributed by atoms with Crippen LogP contribution in [-0.4, -0.2) is 24.5 Å². The van der Waals surface area contributed by atoms with Crippen LogP contribution in [0.25, 0.3) is 6.08 Å². The van der Waals surface area contributed by atoms with Crippen LogP contribution in [-0.2, 0) is 4.79 Å². The fraction of sp³-hybridized carbons (Fsp3) is 0.238. The van der Waals surface area contributed by atoms with E-state index in [0.717, 1.165) is 12.8 Å². The molecular formula is C21H21N3O5. The lowest BCUT2D eigenvalue weighted by molar-refractivity contribution is -0.384. The largest absolute Gasteiger partial charge is 0.496 e. The molecular weight excluding hydrogens is 374 g/mol. The van der Waals surface area contributed by atoms with Crippen LogP contribution in [0.5, 0.6) is 11.5 Å². The molecule has 0 fully saturated rings. The number of rotatable bonds is 9. The molecule has 29 heavy (non-hydrogen) atoms. The first-order chi connectivity index (χ1) is 14.0. The number of nitrogens with one attached hydrogen (secondary N) is 1. The van der Waals surface area contributed by atoms with Crippen LogP contribution < -0.4 is 14.8 Å². The molecule has 0 unspecified atom stereocenters. The van der Waals surface area contributed by atoms with Crippen molar-refractivity contribution in [2.75, 3.05) is 19.0 Å². The number of anilines is 1. The number of hydrogen-bond donors (Lipinski definition) is 1. The Kier molecular flexibility index (Phi) is 7.74. The number of nitro groups is 1. The number of amides is 1. The second-order valence-electron chi connectivity index (χ2n) is 6.00. The number of nitro benzene ring substituents is 1. The van der Waals surface area contributed by atoms with E-state index in [1.807, 2.05) is 13.0 Å². The van der Waals surface area contributed by atoms with Gasteiger partial charge in [-0.2, -0.15) is 5.26 Å². The maximum absolute atomic E-state index is 12.6. The van der Waals surface area contributed by atoms with Gasteiger partial charge in [0.25, 0.3) is 11.6 Å². The first-order valence-electron chi connectivity index (χ1n) is 8.97. The zero-order chi connectivity index (χ0) is 21.2. The molecule has 0 saturated heterocycles. The molecule has 0 radical (unpaired) electrons. The van der Waals surface area contributed by atoms with Crippen molar-refractivity contribution in [1.82, 2.24) is 0 Å². The van der Waals surface area contributed by atoms with E-state index in [0.29, 0.717) is 17.9 Å². The minimum Gasteiger partial charge on any atom is -0.496 e. The Balaban J connectivity index is 2.29. The second-order valence-corrected chi connectivity index (χ2v) is 6.00. The maximum atomic E-state index is 12.6. The van der Waals surface area contributed by atoms with E-state index in [2.05, 4.69) is 5.32 Å². The number of hydrogen-bond acceptors (Lipinski definition) is 6. The van der Waals surface area contributed by atoms with Crippen LogP contribution in [0, 0.1) is 21.4 Å². The van der Waals surface area contributed by atoms with Crippen molar-refractivity contribution in [3.63, 3.8) is 0 Å². The van der Waals surface area contributed by atoms with Crippen molar-refractivity contribution in [2.45, 2.75) is 19.8 Å². The smallest absolute Gasteiger partial charge is 0.296 e. The van der Waals surface area contributed by atoms with Gasteiger partial charge in [-0.15, -0.1) is 0 Å². The molecule has 1 N–H and O–H groups in total. The van der Waals surface area contributed by atoms with Gasteiger partial charge in [-0.1, -0.05) is 31.5 Å². The average Bonchev–Trinajstić information content (AvgIpc) is 2.73. The monoisotopic (exact) mass is 395 g/mol. The summed E-state index contributed by atoms with van der Waals surface area (Å²) in [5.74, 6) is 0.0740. The number of para-hydroxylation sites is 1. The molecule has 2 rings (SSSR count). The fourth-order valence-corrected chi connectivity index (χ4v) is 2.45. The summed E-state index contributed by atoms with van der Waals surface area (Å²) in [4.78, 5) is 23.2. The molecule has 0 saturated carbocycles. The maximum Gasteiger partial charge on any atom is 0.296 e. The lowest BCUT2D eigenvalue weighted by atomic mass is 10.1. The highest BCUT2D eigenvalue weighted by molar-refractivity contribution is 6.10. The van der Waals surface area contributed by atoms with Crippen LogP contribution in [0.15, 0.2) is 48.0 Å². The zero-order valence-electron chi connectivity index (χ0n) is 16.2. The van der Waals surface area contributed by atoms with Gasteiger partial charge < -0.3 is 14.8 Å². The quantitative estimate of drug-likeness (QED) is 0.222. The number of carbonyl (C=O) groups excluding carboxylic acids is 1. The average molecular weight is 395 g/mol. The third-order valence-electron chi connectivity index (χ3n) is 3.99. The minimum atomic E-state index is -0.760. The van der Waals surface area contributed by atoms with Gasteiger partial charge in [-0.05, 0) is 30.7 Å². The van der Waals surface area contributed by atoms with Gasteiger partial charge in [-0.25, -0.2) is 0 Å². The highest BCUT2D eigenvalue weighted by Gasteiger charge is 2.19. The summed E-state index contributed by atoms with van der Waals surface area (Å²) < 4.78 is 10.7. The number of benzene rings is 2. The van der Waals surface area contributed by atoms with E-state index >= 15 is 0 Å². The van der Waals surface area contributed by atoms with E-state index in [9.17, 15) is 20.2 Å². The van der Waals surface area contributed by atoms with Crippen LogP contribution in [0.2, 0.25) is 0 Å². The molecule has 0 heterocycles. The number of unbranched alkanes of at least 4 members (excludes halogenated alkanes) is 1. The minimum absolute atomic E-state index is 0.0329. The Labute approximate surface area is 168 Å². The predicted molar refractivity (Wildman–Crippen MR) is 109 cm³/mol. The van der Waals surface area contributed by atoms with Gasteiger partial charge in [0.15, 0.2) is 0 Å². The number of ether oxygens (including phenoxy) is 2.